The van der Waals surface area contributed by atoms with Gasteiger partial charge in [-0.1, -0.05) is 30.2 Å². The van der Waals surface area contributed by atoms with Crippen molar-refractivity contribution in [3.8, 4) is 0 Å². The third kappa shape index (κ3) is 4.26. The number of rotatable bonds is 3. The van der Waals surface area contributed by atoms with E-state index in [4.69, 9.17) is 16.0 Å². The zero-order valence-corrected chi connectivity index (χ0v) is 13.7. The Balaban J connectivity index is 1.69. The van der Waals surface area contributed by atoms with Crippen LogP contribution in [0.1, 0.15) is 36.5 Å². The molecule has 0 radical (unpaired) electrons. The first-order chi connectivity index (χ1) is 11.2. The molecule has 1 fully saturated rings. The standard InChI is InChI=1S/C19H20ClNO2/c20-17-8-6-15(7-9-17)16-4-1-2-12-21(14-16)19(22)11-10-18-5-3-13-23-18/h3,5-11,13,16H,1-2,4,12,14H2/b11-10+. The Labute approximate surface area is 141 Å². The van der Waals surface area contributed by atoms with Crippen molar-refractivity contribution in [1.29, 1.82) is 0 Å². The second-order valence-electron chi connectivity index (χ2n) is 5.88. The molecule has 0 bridgehead atoms. The predicted molar refractivity (Wildman–Crippen MR) is 92.4 cm³/mol. The van der Waals surface area contributed by atoms with Gasteiger partial charge in [-0.3, -0.25) is 4.79 Å². The number of benzene rings is 1. The van der Waals surface area contributed by atoms with Gasteiger partial charge in [0.15, 0.2) is 0 Å². The molecule has 1 aliphatic heterocycles. The van der Waals surface area contributed by atoms with Gasteiger partial charge in [0.05, 0.1) is 6.26 Å². The Bertz CT molecular complexity index is 661. The summed E-state index contributed by atoms with van der Waals surface area (Å²) in [7, 11) is 0. The molecule has 1 unspecified atom stereocenters. The van der Waals surface area contributed by atoms with E-state index in [2.05, 4.69) is 12.1 Å². The van der Waals surface area contributed by atoms with Crippen LogP contribution in [-0.2, 0) is 4.79 Å². The van der Waals surface area contributed by atoms with Crippen LogP contribution in [0.5, 0.6) is 0 Å². The third-order valence-corrected chi connectivity index (χ3v) is 4.51. The fraction of sp³-hybridized carbons (Fsp3) is 0.316. The topological polar surface area (TPSA) is 33.5 Å². The molecule has 4 heteroatoms. The van der Waals surface area contributed by atoms with Gasteiger partial charge < -0.3 is 9.32 Å². The largest absolute Gasteiger partial charge is 0.465 e. The van der Waals surface area contributed by atoms with E-state index in [9.17, 15) is 4.79 Å². The molecule has 0 N–H and O–H groups in total. The highest BCUT2D eigenvalue weighted by Crippen LogP contribution is 2.27. The first kappa shape index (κ1) is 15.9. The molecule has 2 heterocycles. The van der Waals surface area contributed by atoms with Crippen LogP contribution in [0.25, 0.3) is 6.08 Å². The summed E-state index contributed by atoms with van der Waals surface area (Å²) in [4.78, 5) is 14.4. The van der Waals surface area contributed by atoms with E-state index in [-0.39, 0.29) is 5.91 Å². The van der Waals surface area contributed by atoms with Crippen molar-refractivity contribution in [2.24, 2.45) is 0 Å². The lowest BCUT2D eigenvalue weighted by Crippen LogP contribution is -2.32. The number of furan rings is 1. The lowest BCUT2D eigenvalue weighted by atomic mass is 9.94. The van der Waals surface area contributed by atoms with E-state index in [0.29, 0.717) is 11.7 Å². The molecule has 1 aromatic heterocycles. The summed E-state index contributed by atoms with van der Waals surface area (Å²) in [5.74, 6) is 1.11. The average Bonchev–Trinajstić information content (AvgIpc) is 2.96. The maximum atomic E-state index is 12.5. The summed E-state index contributed by atoms with van der Waals surface area (Å²) in [5, 5.41) is 0.747. The van der Waals surface area contributed by atoms with E-state index in [1.807, 2.05) is 29.2 Å². The molecule has 0 aliphatic carbocycles. The van der Waals surface area contributed by atoms with E-state index in [1.165, 1.54) is 5.56 Å². The SMILES string of the molecule is O=C(/C=C/c1ccco1)N1CCCCC(c2ccc(Cl)cc2)C1. The number of amides is 1. The summed E-state index contributed by atoms with van der Waals surface area (Å²) in [5.41, 5.74) is 1.25. The van der Waals surface area contributed by atoms with Crippen molar-refractivity contribution in [3.63, 3.8) is 0 Å². The lowest BCUT2D eigenvalue weighted by molar-refractivity contribution is -0.126. The molecule has 0 spiro atoms. The second kappa shape index (κ2) is 7.51. The van der Waals surface area contributed by atoms with Crippen molar-refractivity contribution in [2.45, 2.75) is 25.2 Å². The highest BCUT2D eigenvalue weighted by Gasteiger charge is 2.22. The van der Waals surface area contributed by atoms with E-state index in [1.54, 1.807) is 18.4 Å². The summed E-state index contributed by atoms with van der Waals surface area (Å²) >= 11 is 5.97. The number of nitrogens with zero attached hydrogens (tertiary/aromatic N) is 1. The molecule has 3 rings (SSSR count). The number of carbonyl (C=O) groups is 1. The predicted octanol–water partition coefficient (Wildman–Crippen LogP) is 4.74. The Morgan fingerprint density at radius 2 is 2.04 bits per heavy atom. The van der Waals surface area contributed by atoms with Crippen LogP contribution in [0, 0.1) is 0 Å². The number of carbonyl (C=O) groups excluding carboxylic acids is 1. The van der Waals surface area contributed by atoms with Gasteiger partial charge in [0.2, 0.25) is 5.91 Å². The van der Waals surface area contributed by atoms with Crippen LogP contribution in [-0.4, -0.2) is 23.9 Å². The first-order valence-electron chi connectivity index (χ1n) is 7.98. The highest BCUT2D eigenvalue weighted by molar-refractivity contribution is 6.30. The Morgan fingerprint density at radius 3 is 2.78 bits per heavy atom. The van der Waals surface area contributed by atoms with Gasteiger partial charge >= 0.3 is 0 Å². The van der Waals surface area contributed by atoms with Gasteiger partial charge in [-0.05, 0) is 48.7 Å². The Kier molecular flexibility index (Phi) is 5.19. The van der Waals surface area contributed by atoms with Crippen LogP contribution in [0.15, 0.2) is 53.2 Å². The fourth-order valence-corrected chi connectivity index (χ4v) is 3.12. The van der Waals surface area contributed by atoms with Gasteiger partial charge in [-0.25, -0.2) is 0 Å². The number of hydrogen-bond acceptors (Lipinski definition) is 2. The monoisotopic (exact) mass is 329 g/mol. The van der Waals surface area contributed by atoms with E-state index < -0.39 is 0 Å². The zero-order valence-electron chi connectivity index (χ0n) is 13.0. The average molecular weight is 330 g/mol. The van der Waals surface area contributed by atoms with Crippen molar-refractivity contribution < 1.29 is 9.21 Å². The minimum Gasteiger partial charge on any atom is -0.465 e. The van der Waals surface area contributed by atoms with Crippen LogP contribution < -0.4 is 0 Å². The molecule has 1 atom stereocenters. The van der Waals surface area contributed by atoms with Crippen LogP contribution in [0.4, 0.5) is 0 Å². The Morgan fingerprint density at radius 1 is 1.22 bits per heavy atom. The van der Waals surface area contributed by atoms with Gasteiger partial charge in [-0.2, -0.15) is 0 Å². The van der Waals surface area contributed by atoms with E-state index >= 15 is 0 Å². The van der Waals surface area contributed by atoms with Gasteiger partial charge in [-0.15, -0.1) is 0 Å². The number of likely N-dealkylation sites (tertiary alicyclic amines) is 1. The second-order valence-corrected chi connectivity index (χ2v) is 6.31. The molecule has 0 saturated carbocycles. The van der Waals surface area contributed by atoms with Crippen molar-refractivity contribution in [3.05, 3.63) is 65.1 Å². The summed E-state index contributed by atoms with van der Waals surface area (Å²) in [6.07, 6.45) is 8.22. The number of hydrogen-bond donors (Lipinski definition) is 0. The molecule has 3 nitrogen and oxygen atoms in total. The molecule has 1 saturated heterocycles. The first-order valence-corrected chi connectivity index (χ1v) is 8.36. The summed E-state index contributed by atoms with van der Waals surface area (Å²) in [6, 6.07) is 11.6. The molecule has 1 aliphatic rings. The fourth-order valence-electron chi connectivity index (χ4n) is 2.99. The van der Waals surface area contributed by atoms with Crippen molar-refractivity contribution in [1.82, 2.24) is 4.90 Å². The molecule has 23 heavy (non-hydrogen) atoms. The van der Waals surface area contributed by atoms with Crippen molar-refractivity contribution >= 4 is 23.6 Å². The van der Waals surface area contributed by atoms with Gasteiger partial charge in [0.25, 0.3) is 0 Å². The lowest BCUT2D eigenvalue weighted by Gasteiger charge is -2.23. The van der Waals surface area contributed by atoms with Crippen LogP contribution in [0.3, 0.4) is 0 Å². The summed E-state index contributed by atoms with van der Waals surface area (Å²) in [6.45, 7) is 1.56. The molecule has 2 aromatic rings. The third-order valence-electron chi connectivity index (χ3n) is 4.26. The molecular weight excluding hydrogens is 310 g/mol. The summed E-state index contributed by atoms with van der Waals surface area (Å²) < 4.78 is 5.23. The normalized spacial score (nSPS) is 19.0. The van der Waals surface area contributed by atoms with Crippen LogP contribution in [0.2, 0.25) is 5.02 Å². The Hall–Kier alpha value is -2.00. The zero-order chi connectivity index (χ0) is 16.1. The van der Waals surface area contributed by atoms with E-state index in [0.717, 1.165) is 37.4 Å². The smallest absolute Gasteiger partial charge is 0.246 e. The maximum absolute atomic E-state index is 12.5. The quantitative estimate of drug-likeness (QED) is 0.762. The minimum absolute atomic E-state index is 0.0438. The molecule has 1 aromatic carbocycles. The maximum Gasteiger partial charge on any atom is 0.246 e. The van der Waals surface area contributed by atoms with Gasteiger partial charge in [0.1, 0.15) is 5.76 Å². The molecule has 120 valence electrons. The van der Waals surface area contributed by atoms with Gasteiger partial charge in [0, 0.05) is 30.1 Å². The minimum atomic E-state index is 0.0438. The van der Waals surface area contributed by atoms with Crippen LogP contribution >= 0.6 is 11.6 Å². The number of halogens is 1. The molecular formula is C19H20ClNO2. The van der Waals surface area contributed by atoms with Crippen molar-refractivity contribution in [2.75, 3.05) is 13.1 Å². The molecule has 1 amide bonds. The highest BCUT2D eigenvalue weighted by atomic mass is 35.5.